The Hall–Kier alpha value is -4.99. The van der Waals surface area contributed by atoms with Crippen LogP contribution in [0.2, 0.25) is 0 Å². The molecule has 0 aliphatic carbocycles. The number of aromatic nitrogens is 2. The van der Waals surface area contributed by atoms with E-state index in [1.807, 2.05) is 6.07 Å². The molecule has 0 spiro atoms. The predicted molar refractivity (Wildman–Crippen MR) is 107 cm³/mol. The molecule has 0 bridgehead atoms. The van der Waals surface area contributed by atoms with Crippen LogP contribution in [0, 0.1) is 31.6 Å². The van der Waals surface area contributed by atoms with Crippen molar-refractivity contribution in [2.45, 2.75) is 0 Å². The lowest BCUT2D eigenvalue weighted by Gasteiger charge is -2.13. The summed E-state index contributed by atoms with van der Waals surface area (Å²) < 4.78 is 10.9. The minimum atomic E-state index is -0.797. The zero-order chi connectivity index (χ0) is 22.7. The second-order valence-electron chi connectivity index (χ2n) is 5.94. The Labute approximate surface area is 173 Å². The van der Waals surface area contributed by atoms with Gasteiger partial charge in [-0.1, -0.05) is 0 Å². The fourth-order valence-corrected chi connectivity index (χ4v) is 2.68. The molecule has 4 N–H and O–H groups in total. The van der Waals surface area contributed by atoms with Gasteiger partial charge in [-0.05, 0) is 24.3 Å². The number of nitro groups is 2. The van der Waals surface area contributed by atoms with Crippen LogP contribution in [0.15, 0.2) is 36.4 Å². The summed E-state index contributed by atoms with van der Waals surface area (Å²) in [5.74, 6) is -0.227. The molecule has 0 saturated heterocycles. The van der Waals surface area contributed by atoms with Gasteiger partial charge in [0.25, 0.3) is 5.69 Å². The lowest BCUT2D eigenvalue weighted by atomic mass is 10.1. The monoisotopic (exact) mass is 423 g/mol. The summed E-state index contributed by atoms with van der Waals surface area (Å²) in [5.41, 5.74) is 10.9. The van der Waals surface area contributed by atoms with E-state index in [4.69, 9.17) is 20.9 Å². The van der Waals surface area contributed by atoms with Crippen LogP contribution in [-0.4, -0.2) is 26.9 Å². The van der Waals surface area contributed by atoms with Crippen molar-refractivity contribution in [3.63, 3.8) is 0 Å². The quantitative estimate of drug-likeness (QED) is 0.435. The Balaban J connectivity index is 2.06. The highest BCUT2D eigenvalue weighted by molar-refractivity contribution is 5.75. The van der Waals surface area contributed by atoms with Crippen LogP contribution in [0.3, 0.4) is 0 Å². The lowest BCUT2D eigenvalue weighted by molar-refractivity contribution is -0.394. The third-order valence-corrected chi connectivity index (χ3v) is 4.07. The zero-order valence-corrected chi connectivity index (χ0v) is 15.8. The number of nitro benzene ring substituents is 2. The van der Waals surface area contributed by atoms with Crippen molar-refractivity contribution in [3.8, 4) is 34.6 Å². The molecule has 2 aromatic carbocycles. The van der Waals surface area contributed by atoms with E-state index in [9.17, 15) is 25.5 Å². The number of nitrogens with zero attached hydrogens (tertiary/aromatic N) is 5. The summed E-state index contributed by atoms with van der Waals surface area (Å²) >= 11 is 0. The van der Waals surface area contributed by atoms with Crippen LogP contribution in [0.1, 0.15) is 5.56 Å². The second-order valence-corrected chi connectivity index (χ2v) is 5.94. The maximum absolute atomic E-state index is 11.3. The van der Waals surface area contributed by atoms with Crippen molar-refractivity contribution in [2.75, 3.05) is 18.6 Å². The molecule has 13 nitrogen and oxygen atoms in total. The Kier molecular flexibility index (Phi) is 5.46. The summed E-state index contributed by atoms with van der Waals surface area (Å²) in [4.78, 5) is 28.4. The van der Waals surface area contributed by atoms with E-state index in [0.29, 0.717) is 5.56 Å². The molecule has 0 atom stereocenters. The maximum atomic E-state index is 11.3. The molecule has 0 amide bonds. The van der Waals surface area contributed by atoms with E-state index in [1.54, 1.807) is 0 Å². The third-order valence-electron chi connectivity index (χ3n) is 4.07. The summed E-state index contributed by atoms with van der Waals surface area (Å²) in [7, 11) is 1.34. The van der Waals surface area contributed by atoms with Gasteiger partial charge in [0.1, 0.15) is 17.5 Å². The maximum Gasteiger partial charge on any atom is 0.318 e. The molecule has 0 aliphatic rings. The highest BCUT2D eigenvalue weighted by Gasteiger charge is 2.23. The van der Waals surface area contributed by atoms with Crippen LogP contribution in [0.25, 0.3) is 11.3 Å². The van der Waals surface area contributed by atoms with Gasteiger partial charge in [-0.25, -0.2) is 4.98 Å². The number of benzene rings is 2. The topological polar surface area (TPSA) is 206 Å². The van der Waals surface area contributed by atoms with Crippen molar-refractivity contribution >= 4 is 23.1 Å². The normalized spacial score (nSPS) is 10.2. The Morgan fingerprint density at radius 1 is 1.00 bits per heavy atom. The number of ether oxygens (including phenoxy) is 2. The number of anilines is 2. The number of hydrogen-bond donors (Lipinski definition) is 2. The van der Waals surface area contributed by atoms with E-state index >= 15 is 0 Å². The van der Waals surface area contributed by atoms with E-state index in [0.717, 1.165) is 18.2 Å². The first-order valence-corrected chi connectivity index (χ1v) is 8.37. The molecule has 1 aromatic heterocycles. The highest BCUT2D eigenvalue weighted by atomic mass is 16.6. The molecule has 0 saturated carbocycles. The van der Waals surface area contributed by atoms with Gasteiger partial charge < -0.3 is 20.9 Å². The summed E-state index contributed by atoms with van der Waals surface area (Å²) in [6.07, 6.45) is 0. The average Bonchev–Trinajstić information content (AvgIpc) is 2.73. The van der Waals surface area contributed by atoms with Crippen LogP contribution in [0.4, 0.5) is 23.1 Å². The number of nitrogen functional groups attached to an aromatic ring is 2. The minimum absolute atomic E-state index is 0.0101. The first-order valence-electron chi connectivity index (χ1n) is 8.37. The van der Waals surface area contributed by atoms with Crippen LogP contribution >= 0.6 is 0 Å². The minimum Gasteiger partial charge on any atom is -0.493 e. The first-order chi connectivity index (χ1) is 14.7. The van der Waals surface area contributed by atoms with Crippen molar-refractivity contribution in [3.05, 3.63) is 62.2 Å². The third kappa shape index (κ3) is 4.07. The van der Waals surface area contributed by atoms with Gasteiger partial charge in [-0.15, -0.1) is 0 Å². The zero-order valence-electron chi connectivity index (χ0n) is 15.8. The van der Waals surface area contributed by atoms with Crippen molar-refractivity contribution < 1.29 is 19.3 Å². The molecule has 0 aliphatic heterocycles. The van der Waals surface area contributed by atoms with Gasteiger partial charge in [0.15, 0.2) is 11.5 Å². The Bertz CT molecular complexity index is 1250. The van der Waals surface area contributed by atoms with Gasteiger partial charge in [0, 0.05) is 11.6 Å². The number of nitriles is 1. The molecular formula is C18H13N7O6. The Morgan fingerprint density at radius 3 is 2.32 bits per heavy atom. The predicted octanol–water partition coefficient (Wildman–Crippen LogP) is 2.80. The molecule has 13 heteroatoms. The number of non-ortho nitro benzene ring substituents is 1. The number of nitrogens with two attached hydrogens (primary N) is 2. The molecule has 31 heavy (non-hydrogen) atoms. The van der Waals surface area contributed by atoms with E-state index in [-0.39, 0.29) is 40.3 Å². The van der Waals surface area contributed by atoms with Gasteiger partial charge >= 0.3 is 5.69 Å². The van der Waals surface area contributed by atoms with E-state index < -0.39 is 21.2 Å². The lowest BCUT2D eigenvalue weighted by Crippen LogP contribution is -2.05. The van der Waals surface area contributed by atoms with Crippen LogP contribution in [-0.2, 0) is 0 Å². The fourth-order valence-electron chi connectivity index (χ4n) is 2.68. The van der Waals surface area contributed by atoms with Crippen LogP contribution < -0.4 is 20.9 Å². The van der Waals surface area contributed by atoms with Crippen LogP contribution in [0.5, 0.6) is 17.2 Å². The van der Waals surface area contributed by atoms with Gasteiger partial charge in [-0.3, -0.25) is 20.2 Å². The summed E-state index contributed by atoms with van der Waals surface area (Å²) in [6.45, 7) is 0. The first kappa shape index (κ1) is 20.7. The van der Waals surface area contributed by atoms with E-state index in [2.05, 4.69) is 9.97 Å². The SMILES string of the molecule is COc1cc(-c2nc(N)nc(N)c2C#N)ccc1Oc1ccc([N+](=O)[O-])cc1[N+](=O)[O-]. The van der Waals surface area contributed by atoms with Crippen molar-refractivity contribution in [2.24, 2.45) is 0 Å². The number of methoxy groups -OCH3 is 1. The highest BCUT2D eigenvalue weighted by Crippen LogP contribution is 2.40. The van der Waals surface area contributed by atoms with Crippen molar-refractivity contribution in [1.29, 1.82) is 5.26 Å². The van der Waals surface area contributed by atoms with Crippen molar-refractivity contribution in [1.82, 2.24) is 9.97 Å². The second kappa shape index (κ2) is 8.17. The molecule has 3 aromatic rings. The average molecular weight is 423 g/mol. The smallest absolute Gasteiger partial charge is 0.318 e. The number of rotatable bonds is 6. The largest absolute Gasteiger partial charge is 0.493 e. The molecule has 0 fully saturated rings. The molecule has 0 unspecified atom stereocenters. The van der Waals surface area contributed by atoms with Gasteiger partial charge in [-0.2, -0.15) is 10.2 Å². The fraction of sp³-hybridized carbons (Fsp3) is 0.0556. The Morgan fingerprint density at radius 2 is 1.71 bits per heavy atom. The summed E-state index contributed by atoms with van der Waals surface area (Å²) in [5, 5.41) is 31.6. The molecule has 3 rings (SSSR count). The van der Waals surface area contributed by atoms with E-state index in [1.165, 1.54) is 25.3 Å². The molecule has 156 valence electrons. The standard InChI is InChI=1S/C18H13N7O6/c1-30-15-6-9(16-11(8-19)17(20)23-18(21)22-16)2-4-14(15)31-13-5-3-10(24(26)27)7-12(13)25(28)29/h2-7H,1H3,(H4,20,21,22,23). The molecular weight excluding hydrogens is 410 g/mol. The molecule has 0 radical (unpaired) electrons. The molecule has 1 heterocycles. The van der Waals surface area contributed by atoms with Gasteiger partial charge in [0.2, 0.25) is 11.7 Å². The number of hydrogen-bond acceptors (Lipinski definition) is 11. The summed E-state index contributed by atoms with van der Waals surface area (Å²) in [6, 6.07) is 9.30. The van der Waals surface area contributed by atoms with Gasteiger partial charge in [0.05, 0.1) is 28.7 Å².